The molecular weight excluding hydrogens is 634 g/mol. The molecule has 10 atom stereocenters. The van der Waals surface area contributed by atoms with E-state index in [9.17, 15) is 19.4 Å². The Hall–Kier alpha value is -1.46. The molecule has 0 radical (unpaired) electrons. The van der Waals surface area contributed by atoms with Gasteiger partial charge in [0.2, 0.25) is 0 Å². The van der Waals surface area contributed by atoms with Crippen molar-refractivity contribution in [2.45, 2.75) is 169 Å². The average Bonchev–Trinajstić information content (AvgIpc) is 3.46. The van der Waals surface area contributed by atoms with Crippen LogP contribution in [0.3, 0.4) is 0 Å². The van der Waals surface area contributed by atoms with Gasteiger partial charge in [-0.2, -0.15) is 0 Å². The van der Waals surface area contributed by atoms with Crippen molar-refractivity contribution in [1.82, 2.24) is 5.32 Å². The number of hydrogen-bond acceptors (Lipinski definition) is 3. The Balaban J connectivity index is 1.14. The van der Waals surface area contributed by atoms with Crippen LogP contribution < -0.4 is 5.32 Å². The summed E-state index contributed by atoms with van der Waals surface area (Å²) in [5, 5.41) is 25.6. The molecule has 0 bridgehead atoms. The Morgan fingerprint density at radius 3 is 2.24 bits per heavy atom. The smallest absolute Gasteiger partial charge is 0.312 e. The maximum absolute atomic E-state index is 14.0. The highest BCUT2D eigenvalue weighted by Crippen LogP contribution is 2.76. The molecule has 5 fully saturated rings. The van der Waals surface area contributed by atoms with Gasteiger partial charge in [-0.05, 0) is 191 Å². The molecule has 7 aliphatic carbocycles. The number of fused-ring (bicyclic) bond motifs is 7. The number of hydrogen-bond donors (Lipinski definition) is 3. The van der Waals surface area contributed by atoms with E-state index < -0.39 is 23.7 Å². The lowest BCUT2D eigenvalue weighted by atomic mass is 9.33. The van der Waals surface area contributed by atoms with Crippen molar-refractivity contribution in [2.24, 2.45) is 62.6 Å². The van der Waals surface area contributed by atoms with Gasteiger partial charge in [-0.25, -0.2) is 4.39 Å². The fraction of sp³-hybridized carbons (Fsp3) is 0.848. The van der Waals surface area contributed by atoms with Gasteiger partial charge in [-0.3, -0.25) is 4.79 Å². The van der Waals surface area contributed by atoms with E-state index >= 15 is 0 Å². The van der Waals surface area contributed by atoms with Gasteiger partial charge in [-0.1, -0.05) is 65.8 Å². The van der Waals surface area contributed by atoms with Crippen LogP contribution >= 0.6 is 0 Å². The molecular formula is C46H72FNO3. The molecule has 5 heteroatoms. The van der Waals surface area contributed by atoms with Crippen LogP contribution in [0.2, 0.25) is 0 Å². The lowest BCUT2D eigenvalue weighted by Crippen LogP contribution is -2.68. The van der Waals surface area contributed by atoms with Crippen LogP contribution in [0.1, 0.15) is 158 Å². The molecule has 0 aromatic carbocycles. The minimum atomic E-state index is -1.25. The van der Waals surface area contributed by atoms with Crippen molar-refractivity contribution in [3.05, 3.63) is 35.5 Å². The molecule has 3 N–H and O–H groups in total. The molecule has 5 saturated carbocycles. The summed E-state index contributed by atoms with van der Waals surface area (Å²) >= 11 is 0. The molecule has 0 amide bonds. The number of carboxylic acids is 1. The second-order valence-corrected chi connectivity index (χ2v) is 21.1. The zero-order chi connectivity index (χ0) is 36.8. The van der Waals surface area contributed by atoms with Crippen molar-refractivity contribution in [3.63, 3.8) is 0 Å². The molecule has 0 aliphatic heterocycles. The summed E-state index contributed by atoms with van der Waals surface area (Å²) < 4.78 is 14.0. The molecule has 0 saturated heterocycles. The summed E-state index contributed by atoms with van der Waals surface area (Å²) in [6.45, 7) is 22.4. The Morgan fingerprint density at radius 2 is 1.61 bits per heavy atom. The fourth-order valence-corrected chi connectivity index (χ4v) is 15.2. The maximum Gasteiger partial charge on any atom is 0.312 e. The first-order valence-corrected chi connectivity index (χ1v) is 21.2. The van der Waals surface area contributed by atoms with Crippen molar-refractivity contribution in [3.8, 4) is 0 Å². The predicted molar refractivity (Wildman–Crippen MR) is 206 cm³/mol. The first kappa shape index (κ1) is 37.8. The fourth-order valence-electron chi connectivity index (χ4n) is 15.2. The van der Waals surface area contributed by atoms with Gasteiger partial charge in [0.15, 0.2) is 0 Å². The summed E-state index contributed by atoms with van der Waals surface area (Å²) in [5.41, 5.74) is 3.28. The van der Waals surface area contributed by atoms with Crippen LogP contribution in [0.5, 0.6) is 0 Å². The number of halogens is 1. The molecule has 0 spiro atoms. The van der Waals surface area contributed by atoms with E-state index in [0.29, 0.717) is 48.9 Å². The van der Waals surface area contributed by atoms with Gasteiger partial charge >= 0.3 is 5.97 Å². The Morgan fingerprint density at radius 1 is 0.882 bits per heavy atom. The van der Waals surface area contributed by atoms with Crippen LogP contribution in [0, 0.1) is 62.6 Å². The van der Waals surface area contributed by atoms with Gasteiger partial charge in [0.1, 0.15) is 6.67 Å². The molecule has 4 nitrogen and oxygen atoms in total. The summed E-state index contributed by atoms with van der Waals surface area (Å²) in [7, 11) is 0. The van der Waals surface area contributed by atoms with Crippen LogP contribution in [0.4, 0.5) is 4.39 Å². The Kier molecular flexibility index (Phi) is 9.50. The van der Waals surface area contributed by atoms with E-state index in [1.54, 1.807) is 0 Å². The third kappa shape index (κ3) is 5.64. The topological polar surface area (TPSA) is 69.6 Å². The maximum atomic E-state index is 14.0. The number of allylic oxidation sites excluding steroid dienone is 5. The highest BCUT2D eigenvalue weighted by molar-refractivity contribution is 5.75. The number of carboxylic acid groups (broad SMARTS) is 1. The van der Waals surface area contributed by atoms with E-state index in [2.05, 4.69) is 72.5 Å². The quantitative estimate of drug-likeness (QED) is 0.220. The molecule has 0 unspecified atom stereocenters. The average molecular weight is 706 g/mol. The van der Waals surface area contributed by atoms with Gasteiger partial charge in [0.25, 0.3) is 0 Å². The zero-order valence-corrected chi connectivity index (χ0v) is 33.4. The number of aliphatic hydroxyl groups is 1. The van der Waals surface area contributed by atoms with Crippen molar-refractivity contribution >= 4 is 5.97 Å². The van der Waals surface area contributed by atoms with Crippen LogP contribution in [0.15, 0.2) is 35.5 Å². The third-order valence-corrected chi connectivity index (χ3v) is 18.6. The zero-order valence-electron chi connectivity index (χ0n) is 33.4. The number of alkyl halides is 1. The molecule has 0 aromatic rings. The number of rotatable bonds is 8. The summed E-state index contributed by atoms with van der Waals surface area (Å²) in [5.74, 6) is 2.87. The van der Waals surface area contributed by atoms with E-state index in [1.807, 2.05) is 0 Å². The molecule has 0 heterocycles. The molecule has 7 rings (SSSR count). The van der Waals surface area contributed by atoms with Gasteiger partial charge in [0, 0.05) is 5.54 Å². The number of carbonyl (C=O) groups is 1. The second-order valence-electron chi connectivity index (χ2n) is 21.1. The minimum Gasteiger partial charge on any atom is -0.481 e. The number of nitrogens with one attached hydrogen (secondary N) is 1. The van der Waals surface area contributed by atoms with Crippen molar-refractivity contribution < 1.29 is 19.4 Å². The SMILES string of the molecule is C=C(C)[C@@H]1CC[C@]2(NCCC3(O)CCC(C)CC3)CC[C@]3(C)[C@H](CC[C@@H]4[C@@]5(C)CC=C(C6=CC[C@@](CF)(C(=O)O)CC6)C(C)(C)[C@@H]5CC[C@]43C)[C@@H]12. The first-order chi connectivity index (χ1) is 23.9. The van der Waals surface area contributed by atoms with Gasteiger partial charge < -0.3 is 15.5 Å². The molecule has 286 valence electrons. The highest BCUT2D eigenvalue weighted by atomic mass is 19.1. The third-order valence-electron chi connectivity index (χ3n) is 18.6. The minimum absolute atomic E-state index is 0.000560. The van der Waals surface area contributed by atoms with Gasteiger partial charge in [0.05, 0.1) is 11.0 Å². The predicted octanol–water partition coefficient (Wildman–Crippen LogP) is 11.0. The lowest BCUT2D eigenvalue weighted by Gasteiger charge is -2.72. The normalized spacial score (nSPS) is 49.0. The van der Waals surface area contributed by atoms with Gasteiger partial charge in [-0.15, -0.1) is 0 Å². The van der Waals surface area contributed by atoms with Crippen LogP contribution in [-0.2, 0) is 4.79 Å². The van der Waals surface area contributed by atoms with E-state index in [0.717, 1.165) is 51.0 Å². The molecule has 51 heavy (non-hydrogen) atoms. The van der Waals surface area contributed by atoms with E-state index in [1.165, 1.54) is 68.1 Å². The van der Waals surface area contributed by atoms with E-state index in [4.69, 9.17) is 0 Å². The van der Waals surface area contributed by atoms with E-state index in [-0.39, 0.29) is 27.2 Å². The summed E-state index contributed by atoms with van der Waals surface area (Å²) in [4.78, 5) is 12.0. The number of aliphatic carboxylic acids is 1. The largest absolute Gasteiger partial charge is 0.481 e. The Bertz CT molecular complexity index is 1460. The standard InChI is InChI=1S/C46H72FNO3/c1-30(2)33-15-24-46(48-28-27-45(51)22-11-31(3)12-23-45)26-25-42(7)35(38(33)46)9-10-37-41(6)18-16-34(40(4,5)36(41)17-19-43(37,42)8)32-13-20-44(29-47,21-14-32)39(49)50/h13,16,31,33,35-38,48,51H,1,9-12,14-15,17-29H2,2-8H3,(H,49,50)/t31?,33-,35+,36-,37+,38+,41-,42+,43+,44+,45?,46-/m0/s1. The molecule has 7 aliphatic rings. The second kappa shape index (κ2) is 12.8. The first-order valence-electron chi connectivity index (χ1n) is 21.2. The molecule has 0 aromatic heterocycles. The summed E-state index contributed by atoms with van der Waals surface area (Å²) in [6.07, 6.45) is 22.3. The van der Waals surface area contributed by atoms with Crippen molar-refractivity contribution in [2.75, 3.05) is 13.2 Å². The van der Waals surface area contributed by atoms with Crippen molar-refractivity contribution in [1.29, 1.82) is 0 Å². The van der Waals surface area contributed by atoms with Crippen LogP contribution in [0.25, 0.3) is 0 Å². The highest BCUT2D eigenvalue weighted by Gasteiger charge is 2.70. The summed E-state index contributed by atoms with van der Waals surface area (Å²) in [6, 6.07) is 0. The monoisotopic (exact) mass is 706 g/mol. The Labute approximate surface area is 310 Å². The van der Waals surface area contributed by atoms with Crippen LogP contribution in [-0.4, -0.2) is 40.5 Å². The lowest BCUT2D eigenvalue weighted by molar-refractivity contribution is -0.221.